The number of carbonyl (C=O) groups is 1. The number of hydrogen-bond donors (Lipinski definition) is 2. The molecule has 0 amide bonds. The van der Waals surface area contributed by atoms with Gasteiger partial charge in [-0.3, -0.25) is 0 Å². The first kappa shape index (κ1) is 20.3. The quantitative estimate of drug-likeness (QED) is 0.679. The third-order valence-corrected chi connectivity index (χ3v) is 4.34. The van der Waals surface area contributed by atoms with Gasteiger partial charge in [0, 0.05) is 5.56 Å². The van der Waals surface area contributed by atoms with E-state index in [4.69, 9.17) is 9.47 Å². The van der Waals surface area contributed by atoms with Crippen LogP contribution in [0.25, 0.3) is 0 Å². The Morgan fingerprint density at radius 2 is 1.85 bits per heavy atom. The van der Waals surface area contributed by atoms with Crippen molar-refractivity contribution in [2.75, 3.05) is 7.05 Å². The number of nitrogens with one attached hydrogen (secondary N) is 1. The van der Waals surface area contributed by atoms with Gasteiger partial charge >= 0.3 is 5.97 Å². The zero-order valence-electron chi connectivity index (χ0n) is 15.4. The number of phenols is 1. The highest BCUT2D eigenvalue weighted by atomic mass is 79.9. The minimum Gasteiger partial charge on any atom is -0.507 e. The summed E-state index contributed by atoms with van der Waals surface area (Å²) in [6, 6.07) is 12.1. The Bertz CT molecular complexity index is 756. The van der Waals surface area contributed by atoms with Crippen LogP contribution in [0.2, 0.25) is 0 Å². The fourth-order valence-corrected chi connectivity index (χ4v) is 2.90. The van der Waals surface area contributed by atoms with Gasteiger partial charge in [-0.2, -0.15) is 0 Å². The van der Waals surface area contributed by atoms with Crippen LogP contribution in [-0.4, -0.2) is 23.7 Å². The number of esters is 1. The zero-order valence-corrected chi connectivity index (χ0v) is 17.0. The maximum absolute atomic E-state index is 12.6. The van der Waals surface area contributed by atoms with Gasteiger partial charge in [0.15, 0.2) is 0 Å². The summed E-state index contributed by atoms with van der Waals surface area (Å²) in [4.78, 5) is 12.6. The highest BCUT2D eigenvalue weighted by Crippen LogP contribution is 2.40. The molecule has 0 aliphatic carbocycles. The number of rotatable bonds is 6. The molecule has 0 bridgehead atoms. The molecule has 2 rings (SSSR count). The fourth-order valence-electron chi connectivity index (χ4n) is 2.43. The van der Waals surface area contributed by atoms with Gasteiger partial charge in [0.25, 0.3) is 0 Å². The van der Waals surface area contributed by atoms with Gasteiger partial charge in [-0.25, -0.2) is 4.79 Å². The van der Waals surface area contributed by atoms with E-state index in [1.54, 1.807) is 13.1 Å². The molecular formula is C20H24BrNO4. The number of phenolic OH excluding ortho intramolecular Hbond substituents is 1. The number of likely N-dealkylation sites (N-methyl/N-ethyl adjacent to an activating group) is 1. The van der Waals surface area contributed by atoms with Gasteiger partial charge in [-0.05, 0) is 61.4 Å². The Hall–Kier alpha value is -2.05. The van der Waals surface area contributed by atoms with E-state index in [0.717, 1.165) is 5.56 Å². The molecule has 5 nitrogen and oxygen atoms in total. The number of halogens is 1. The average molecular weight is 422 g/mol. The smallest absolute Gasteiger partial charge is 0.328 e. The molecule has 0 radical (unpaired) electrons. The lowest BCUT2D eigenvalue weighted by molar-refractivity contribution is -0.157. The lowest BCUT2D eigenvalue weighted by Gasteiger charge is -2.25. The van der Waals surface area contributed by atoms with Crippen molar-refractivity contribution in [1.82, 2.24) is 5.32 Å². The molecule has 0 aliphatic heterocycles. The SMILES string of the molecule is CNC(C(=O)OC(C)(C)C)c1ccc(O)c(Br)c1OCc1ccccc1. The fraction of sp³-hybridized carbons (Fsp3) is 0.350. The van der Waals surface area contributed by atoms with Gasteiger partial charge in [0.2, 0.25) is 0 Å². The van der Waals surface area contributed by atoms with Crippen molar-refractivity contribution in [3.63, 3.8) is 0 Å². The summed E-state index contributed by atoms with van der Waals surface area (Å²) in [6.45, 7) is 5.76. The Morgan fingerprint density at radius 3 is 2.42 bits per heavy atom. The Balaban J connectivity index is 2.34. The van der Waals surface area contributed by atoms with Gasteiger partial charge in [0.1, 0.15) is 34.2 Å². The second-order valence-electron chi connectivity index (χ2n) is 6.85. The van der Waals surface area contributed by atoms with Crippen molar-refractivity contribution in [2.45, 2.75) is 39.0 Å². The molecule has 2 aromatic rings. The summed E-state index contributed by atoms with van der Waals surface area (Å²) < 4.78 is 11.8. The first-order valence-electron chi connectivity index (χ1n) is 8.31. The van der Waals surface area contributed by atoms with E-state index in [9.17, 15) is 9.90 Å². The molecule has 26 heavy (non-hydrogen) atoms. The van der Waals surface area contributed by atoms with Crippen molar-refractivity contribution < 1.29 is 19.4 Å². The monoisotopic (exact) mass is 421 g/mol. The summed E-state index contributed by atoms with van der Waals surface area (Å²) in [5.74, 6) is 0.0251. The van der Waals surface area contributed by atoms with Crippen LogP contribution >= 0.6 is 15.9 Å². The molecular weight excluding hydrogens is 398 g/mol. The molecule has 0 spiro atoms. The molecule has 0 saturated carbocycles. The summed E-state index contributed by atoms with van der Waals surface area (Å²) in [5, 5.41) is 13.0. The number of benzene rings is 2. The van der Waals surface area contributed by atoms with Crippen LogP contribution in [0.1, 0.15) is 37.9 Å². The third kappa shape index (κ3) is 5.22. The number of aromatic hydroxyl groups is 1. The van der Waals surface area contributed by atoms with Crippen molar-refractivity contribution in [1.29, 1.82) is 0 Å². The van der Waals surface area contributed by atoms with Crippen molar-refractivity contribution in [3.8, 4) is 11.5 Å². The maximum Gasteiger partial charge on any atom is 0.328 e. The maximum atomic E-state index is 12.6. The normalized spacial score (nSPS) is 12.5. The van der Waals surface area contributed by atoms with E-state index in [0.29, 0.717) is 22.4 Å². The van der Waals surface area contributed by atoms with Crippen LogP contribution in [-0.2, 0) is 16.1 Å². The van der Waals surface area contributed by atoms with E-state index in [-0.39, 0.29) is 5.75 Å². The van der Waals surface area contributed by atoms with Gasteiger partial charge < -0.3 is 19.9 Å². The Morgan fingerprint density at radius 1 is 1.19 bits per heavy atom. The molecule has 140 valence electrons. The number of carbonyl (C=O) groups excluding carboxylic acids is 1. The lowest BCUT2D eigenvalue weighted by atomic mass is 10.0. The van der Waals surface area contributed by atoms with Crippen LogP contribution < -0.4 is 10.1 Å². The first-order chi connectivity index (χ1) is 12.2. The molecule has 1 unspecified atom stereocenters. The topological polar surface area (TPSA) is 67.8 Å². The summed E-state index contributed by atoms with van der Waals surface area (Å²) in [7, 11) is 1.68. The van der Waals surface area contributed by atoms with E-state index in [2.05, 4.69) is 21.2 Å². The third-order valence-electron chi connectivity index (χ3n) is 3.58. The molecule has 0 heterocycles. The van der Waals surface area contributed by atoms with Crippen LogP contribution in [0, 0.1) is 0 Å². The zero-order chi connectivity index (χ0) is 19.3. The van der Waals surface area contributed by atoms with Crippen molar-refractivity contribution in [3.05, 3.63) is 58.1 Å². The summed E-state index contributed by atoms with van der Waals surface area (Å²) >= 11 is 3.36. The van der Waals surface area contributed by atoms with Crippen LogP contribution in [0.5, 0.6) is 11.5 Å². The van der Waals surface area contributed by atoms with Crippen molar-refractivity contribution in [2.24, 2.45) is 0 Å². The Labute approximate surface area is 162 Å². The first-order valence-corrected chi connectivity index (χ1v) is 9.10. The van der Waals surface area contributed by atoms with Crippen molar-refractivity contribution >= 4 is 21.9 Å². The summed E-state index contributed by atoms with van der Waals surface area (Å²) in [6.07, 6.45) is 0. The molecule has 1 atom stereocenters. The van der Waals surface area contributed by atoms with E-state index in [1.165, 1.54) is 6.07 Å². The van der Waals surface area contributed by atoms with Crippen LogP contribution in [0.3, 0.4) is 0 Å². The van der Waals surface area contributed by atoms with Crippen LogP contribution in [0.15, 0.2) is 46.9 Å². The van der Waals surface area contributed by atoms with E-state index in [1.807, 2.05) is 51.1 Å². The van der Waals surface area contributed by atoms with Gasteiger partial charge in [0.05, 0.1) is 0 Å². The molecule has 2 aromatic carbocycles. The lowest BCUT2D eigenvalue weighted by Crippen LogP contribution is -2.33. The molecule has 0 fully saturated rings. The highest BCUT2D eigenvalue weighted by Gasteiger charge is 2.29. The number of ether oxygens (including phenoxy) is 2. The van der Waals surface area contributed by atoms with E-state index >= 15 is 0 Å². The molecule has 0 aliphatic rings. The standard InChI is InChI=1S/C20H24BrNO4/c1-20(2,3)26-19(24)17(22-4)14-10-11-15(23)16(21)18(14)25-12-13-8-6-5-7-9-13/h5-11,17,22-23H,12H2,1-4H3. The average Bonchev–Trinajstić information content (AvgIpc) is 2.57. The van der Waals surface area contributed by atoms with Crippen LogP contribution in [0.4, 0.5) is 0 Å². The van der Waals surface area contributed by atoms with Gasteiger partial charge in [-0.15, -0.1) is 0 Å². The summed E-state index contributed by atoms with van der Waals surface area (Å²) in [5.41, 5.74) is 0.958. The molecule has 6 heteroatoms. The minimum atomic E-state index is -0.725. The minimum absolute atomic E-state index is 0.0378. The second-order valence-corrected chi connectivity index (χ2v) is 7.64. The van der Waals surface area contributed by atoms with Gasteiger partial charge in [-0.1, -0.05) is 30.3 Å². The predicted octanol–water partition coefficient (Wildman–Crippen LogP) is 4.34. The highest BCUT2D eigenvalue weighted by molar-refractivity contribution is 9.10. The largest absolute Gasteiger partial charge is 0.507 e. The number of hydrogen-bond acceptors (Lipinski definition) is 5. The molecule has 0 saturated heterocycles. The molecule has 0 aromatic heterocycles. The molecule has 2 N–H and O–H groups in total. The predicted molar refractivity (Wildman–Crippen MR) is 104 cm³/mol. The second kappa shape index (κ2) is 8.56. The Kier molecular flexibility index (Phi) is 6.67. The van der Waals surface area contributed by atoms with E-state index < -0.39 is 17.6 Å².